The van der Waals surface area contributed by atoms with Gasteiger partial charge in [0, 0.05) is 18.3 Å². The van der Waals surface area contributed by atoms with E-state index >= 15 is 0 Å². The molecule has 92 valence electrons. The molecule has 1 atom stereocenters. The SMILES string of the molecule is CN1c2ccccc2C(c2cccs2)=NCC1N. The van der Waals surface area contributed by atoms with Crippen molar-refractivity contribution in [2.75, 3.05) is 18.5 Å². The number of thiophene rings is 1. The topological polar surface area (TPSA) is 41.6 Å². The van der Waals surface area contributed by atoms with Crippen molar-refractivity contribution in [2.45, 2.75) is 6.17 Å². The Hall–Kier alpha value is -1.65. The van der Waals surface area contributed by atoms with E-state index in [1.54, 1.807) is 11.3 Å². The van der Waals surface area contributed by atoms with Crippen LogP contribution in [0.1, 0.15) is 10.4 Å². The summed E-state index contributed by atoms with van der Waals surface area (Å²) in [5.41, 5.74) is 9.50. The van der Waals surface area contributed by atoms with Gasteiger partial charge in [-0.3, -0.25) is 4.99 Å². The normalized spacial score (nSPS) is 19.1. The molecule has 1 aliphatic rings. The molecule has 0 spiro atoms. The predicted molar refractivity (Wildman–Crippen MR) is 77.6 cm³/mol. The highest BCUT2D eigenvalue weighted by atomic mass is 32.1. The second-order valence-electron chi connectivity index (χ2n) is 4.36. The minimum Gasteiger partial charge on any atom is -0.357 e. The zero-order chi connectivity index (χ0) is 12.5. The van der Waals surface area contributed by atoms with Crippen LogP contribution in [-0.2, 0) is 0 Å². The molecular formula is C14H15N3S. The lowest BCUT2D eigenvalue weighted by atomic mass is 10.1. The van der Waals surface area contributed by atoms with Crippen molar-refractivity contribution in [3.8, 4) is 0 Å². The van der Waals surface area contributed by atoms with E-state index in [1.807, 2.05) is 19.2 Å². The van der Waals surface area contributed by atoms with E-state index in [4.69, 9.17) is 10.7 Å². The smallest absolute Gasteiger partial charge is 0.0966 e. The van der Waals surface area contributed by atoms with Gasteiger partial charge in [0.1, 0.15) is 0 Å². The van der Waals surface area contributed by atoms with Crippen molar-refractivity contribution in [1.82, 2.24) is 0 Å². The fourth-order valence-electron chi connectivity index (χ4n) is 2.18. The molecule has 0 fully saturated rings. The summed E-state index contributed by atoms with van der Waals surface area (Å²) in [5, 5.41) is 2.08. The largest absolute Gasteiger partial charge is 0.357 e. The number of nitrogens with two attached hydrogens (primary N) is 1. The first-order valence-electron chi connectivity index (χ1n) is 5.93. The fraction of sp³-hybridized carbons (Fsp3) is 0.214. The van der Waals surface area contributed by atoms with Gasteiger partial charge in [-0.1, -0.05) is 24.3 Å². The van der Waals surface area contributed by atoms with Crippen LogP contribution in [0.2, 0.25) is 0 Å². The molecule has 0 amide bonds. The van der Waals surface area contributed by atoms with Crippen LogP contribution in [-0.4, -0.2) is 25.5 Å². The third-order valence-electron chi connectivity index (χ3n) is 3.23. The molecule has 2 N–H and O–H groups in total. The molecule has 3 rings (SSSR count). The number of benzene rings is 1. The average Bonchev–Trinajstić information content (AvgIpc) is 2.88. The molecule has 0 bridgehead atoms. The first kappa shape index (κ1) is 11.4. The molecule has 1 aliphatic heterocycles. The van der Waals surface area contributed by atoms with Crippen LogP contribution in [0.3, 0.4) is 0 Å². The number of anilines is 1. The lowest BCUT2D eigenvalue weighted by Gasteiger charge is -2.25. The molecule has 18 heavy (non-hydrogen) atoms. The van der Waals surface area contributed by atoms with Crippen molar-refractivity contribution in [1.29, 1.82) is 0 Å². The molecule has 0 saturated carbocycles. The standard InChI is InChI=1S/C14H15N3S/c1-17-11-6-3-2-5-10(11)14(16-9-13(17)15)12-7-4-8-18-12/h2-8,13H,9,15H2,1H3. The Morgan fingerprint density at radius 3 is 2.89 bits per heavy atom. The Kier molecular flexibility index (Phi) is 2.89. The summed E-state index contributed by atoms with van der Waals surface area (Å²) >= 11 is 1.71. The van der Waals surface area contributed by atoms with E-state index in [-0.39, 0.29) is 6.17 Å². The zero-order valence-corrected chi connectivity index (χ0v) is 11.0. The van der Waals surface area contributed by atoms with Gasteiger partial charge in [0.05, 0.1) is 23.3 Å². The van der Waals surface area contributed by atoms with Crippen LogP contribution in [0.25, 0.3) is 0 Å². The number of rotatable bonds is 1. The van der Waals surface area contributed by atoms with Gasteiger partial charge in [0.2, 0.25) is 0 Å². The van der Waals surface area contributed by atoms with Gasteiger partial charge in [-0.25, -0.2) is 0 Å². The molecule has 1 aromatic heterocycles. The molecule has 0 radical (unpaired) electrons. The average molecular weight is 257 g/mol. The van der Waals surface area contributed by atoms with E-state index < -0.39 is 0 Å². The molecular weight excluding hydrogens is 242 g/mol. The first-order valence-corrected chi connectivity index (χ1v) is 6.81. The van der Waals surface area contributed by atoms with Crippen LogP contribution >= 0.6 is 11.3 Å². The van der Waals surface area contributed by atoms with E-state index in [0.717, 1.165) is 17.0 Å². The number of aliphatic imine (C=N–C) groups is 1. The fourth-order valence-corrected chi connectivity index (χ4v) is 2.92. The second kappa shape index (κ2) is 4.55. The molecule has 2 aromatic rings. The Bertz CT molecular complexity index is 574. The predicted octanol–water partition coefficient (Wildman–Crippen LogP) is 2.32. The highest BCUT2D eigenvalue weighted by Crippen LogP contribution is 2.27. The highest BCUT2D eigenvalue weighted by Gasteiger charge is 2.21. The highest BCUT2D eigenvalue weighted by molar-refractivity contribution is 7.12. The van der Waals surface area contributed by atoms with Crippen molar-refractivity contribution >= 4 is 22.7 Å². The van der Waals surface area contributed by atoms with E-state index in [9.17, 15) is 0 Å². The third kappa shape index (κ3) is 1.83. The van der Waals surface area contributed by atoms with Crippen LogP contribution in [0.4, 0.5) is 5.69 Å². The minimum absolute atomic E-state index is 0.0661. The van der Waals surface area contributed by atoms with Gasteiger partial charge >= 0.3 is 0 Å². The van der Waals surface area contributed by atoms with Crippen molar-refractivity contribution in [2.24, 2.45) is 10.7 Å². The van der Waals surface area contributed by atoms with Gasteiger partial charge in [-0.15, -0.1) is 11.3 Å². The van der Waals surface area contributed by atoms with Crippen molar-refractivity contribution in [3.05, 3.63) is 52.2 Å². The maximum Gasteiger partial charge on any atom is 0.0966 e. The van der Waals surface area contributed by atoms with Gasteiger partial charge in [0.15, 0.2) is 0 Å². The minimum atomic E-state index is -0.0661. The maximum atomic E-state index is 6.13. The Balaban J connectivity index is 2.18. The summed E-state index contributed by atoms with van der Waals surface area (Å²) in [5.74, 6) is 0. The van der Waals surface area contributed by atoms with E-state index in [0.29, 0.717) is 6.54 Å². The van der Waals surface area contributed by atoms with Gasteiger partial charge in [-0.05, 0) is 17.5 Å². The summed E-state index contributed by atoms with van der Waals surface area (Å²) in [4.78, 5) is 7.99. The first-order chi connectivity index (χ1) is 8.77. The van der Waals surface area contributed by atoms with Gasteiger partial charge < -0.3 is 10.6 Å². The summed E-state index contributed by atoms with van der Waals surface area (Å²) in [7, 11) is 2.02. The van der Waals surface area contributed by atoms with E-state index in [1.165, 1.54) is 4.88 Å². The Morgan fingerprint density at radius 1 is 1.28 bits per heavy atom. The molecule has 3 nitrogen and oxygen atoms in total. The van der Waals surface area contributed by atoms with Gasteiger partial charge in [-0.2, -0.15) is 0 Å². The molecule has 4 heteroatoms. The number of likely N-dealkylation sites (N-methyl/N-ethyl adjacent to an activating group) is 1. The van der Waals surface area contributed by atoms with E-state index in [2.05, 4.69) is 34.5 Å². The number of para-hydroxylation sites is 1. The molecule has 1 unspecified atom stereocenters. The van der Waals surface area contributed by atoms with Crippen molar-refractivity contribution < 1.29 is 0 Å². The monoisotopic (exact) mass is 257 g/mol. The number of benzodiazepines with no additional fused rings is 1. The quantitative estimate of drug-likeness (QED) is 0.852. The molecule has 0 aliphatic carbocycles. The number of hydrogen-bond acceptors (Lipinski definition) is 4. The molecule has 2 heterocycles. The van der Waals surface area contributed by atoms with Crippen molar-refractivity contribution in [3.63, 3.8) is 0 Å². The molecule has 1 aromatic carbocycles. The Morgan fingerprint density at radius 2 is 2.11 bits per heavy atom. The number of hydrogen-bond donors (Lipinski definition) is 1. The summed E-state index contributed by atoms with van der Waals surface area (Å²) in [6.45, 7) is 0.623. The summed E-state index contributed by atoms with van der Waals surface area (Å²) in [6, 6.07) is 12.5. The summed E-state index contributed by atoms with van der Waals surface area (Å²) < 4.78 is 0. The van der Waals surface area contributed by atoms with Gasteiger partial charge in [0.25, 0.3) is 0 Å². The zero-order valence-electron chi connectivity index (χ0n) is 10.2. The van der Waals surface area contributed by atoms with Crippen LogP contribution in [0, 0.1) is 0 Å². The third-order valence-corrected chi connectivity index (χ3v) is 4.10. The Labute approximate surface area is 111 Å². The van der Waals surface area contributed by atoms with Crippen LogP contribution in [0.15, 0.2) is 46.8 Å². The lowest BCUT2D eigenvalue weighted by molar-refractivity contribution is 0.672. The maximum absolute atomic E-state index is 6.13. The lowest BCUT2D eigenvalue weighted by Crippen LogP contribution is -2.41. The number of nitrogens with zero attached hydrogens (tertiary/aromatic N) is 2. The summed E-state index contributed by atoms with van der Waals surface area (Å²) in [6.07, 6.45) is -0.0661. The second-order valence-corrected chi connectivity index (χ2v) is 5.31. The number of fused-ring (bicyclic) bond motifs is 1. The van der Waals surface area contributed by atoms with Crippen LogP contribution in [0.5, 0.6) is 0 Å². The van der Waals surface area contributed by atoms with Crippen LogP contribution < -0.4 is 10.6 Å². The molecule has 0 saturated heterocycles.